The van der Waals surface area contributed by atoms with Gasteiger partial charge in [0.15, 0.2) is 0 Å². The van der Waals surface area contributed by atoms with Crippen LogP contribution in [0.25, 0.3) is 10.9 Å². The quantitative estimate of drug-likeness (QED) is 0.783. The number of para-hydroxylation sites is 1. The number of carboxylic acid groups (broad SMARTS) is 1. The number of aromatic carboxylic acids is 1. The molecular weight excluding hydrogens is 326 g/mol. The Morgan fingerprint density at radius 1 is 1.04 bits per heavy atom. The molecule has 1 heterocycles. The lowest BCUT2D eigenvalue weighted by molar-refractivity contribution is 0.0699. The monoisotopic (exact) mass is 343 g/mol. The summed E-state index contributed by atoms with van der Waals surface area (Å²) in [5.41, 5.74) is 1.19. The average molecular weight is 343 g/mol. The first-order chi connectivity index (χ1) is 11.3. The molecule has 0 atom stereocenters. The molecule has 3 aromatic rings. The molecule has 0 spiro atoms. The van der Waals surface area contributed by atoms with Crippen molar-refractivity contribution in [2.75, 3.05) is 0 Å². The molecule has 6 heteroatoms. The molecule has 2 aromatic carbocycles. The largest absolute Gasteiger partial charge is 0.478 e. The van der Waals surface area contributed by atoms with Crippen LogP contribution in [-0.4, -0.2) is 23.5 Å². The molecule has 0 radical (unpaired) electrons. The van der Waals surface area contributed by atoms with E-state index in [1.807, 2.05) is 19.9 Å². The Morgan fingerprint density at radius 3 is 2.29 bits per heavy atom. The van der Waals surface area contributed by atoms with Gasteiger partial charge in [-0.3, -0.25) is 0 Å². The van der Waals surface area contributed by atoms with Crippen LogP contribution in [0.5, 0.6) is 0 Å². The summed E-state index contributed by atoms with van der Waals surface area (Å²) in [7, 11) is -3.88. The second-order valence-corrected chi connectivity index (χ2v) is 7.67. The van der Waals surface area contributed by atoms with E-state index in [9.17, 15) is 18.3 Å². The minimum Gasteiger partial charge on any atom is -0.478 e. The third-order valence-electron chi connectivity index (χ3n) is 3.98. The second-order valence-electron chi connectivity index (χ2n) is 5.86. The number of aromatic nitrogens is 1. The number of hydrogen-bond acceptors (Lipinski definition) is 3. The van der Waals surface area contributed by atoms with Crippen molar-refractivity contribution in [3.8, 4) is 0 Å². The number of nitrogens with zero attached hydrogens (tertiary/aromatic N) is 1. The number of carbonyl (C=O) groups is 1. The highest BCUT2D eigenvalue weighted by atomic mass is 32.2. The van der Waals surface area contributed by atoms with Crippen LogP contribution in [0.2, 0.25) is 0 Å². The van der Waals surface area contributed by atoms with Crippen molar-refractivity contribution >= 4 is 26.9 Å². The molecule has 0 aliphatic carbocycles. The molecule has 1 N–H and O–H groups in total. The number of benzene rings is 2. The maximum absolute atomic E-state index is 13.0. The molecule has 124 valence electrons. The minimum absolute atomic E-state index is 0.0213. The maximum atomic E-state index is 13.0. The van der Waals surface area contributed by atoms with Crippen molar-refractivity contribution in [1.82, 2.24) is 3.97 Å². The molecule has 0 bridgehead atoms. The molecule has 0 saturated heterocycles. The first kappa shape index (κ1) is 16.3. The smallest absolute Gasteiger partial charge is 0.337 e. The van der Waals surface area contributed by atoms with Gasteiger partial charge in [0.25, 0.3) is 10.0 Å². The summed E-state index contributed by atoms with van der Waals surface area (Å²) in [4.78, 5) is 11.7. The van der Waals surface area contributed by atoms with Gasteiger partial charge >= 0.3 is 5.97 Å². The van der Waals surface area contributed by atoms with E-state index in [0.717, 1.165) is 9.54 Å². The molecule has 5 nitrogen and oxygen atoms in total. The normalized spacial score (nSPS) is 12.0. The van der Waals surface area contributed by atoms with Crippen molar-refractivity contribution in [3.05, 3.63) is 65.9 Å². The van der Waals surface area contributed by atoms with E-state index in [4.69, 9.17) is 0 Å². The summed E-state index contributed by atoms with van der Waals surface area (Å²) in [6.45, 7) is 3.89. The topological polar surface area (TPSA) is 76.4 Å². The van der Waals surface area contributed by atoms with Gasteiger partial charge in [-0.05, 0) is 23.6 Å². The fourth-order valence-corrected chi connectivity index (χ4v) is 4.22. The molecule has 0 unspecified atom stereocenters. The predicted octanol–water partition coefficient (Wildman–Crippen LogP) is 3.70. The van der Waals surface area contributed by atoms with Crippen molar-refractivity contribution in [2.24, 2.45) is 0 Å². The van der Waals surface area contributed by atoms with E-state index in [1.54, 1.807) is 30.3 Å². The van der Waals surface area contributed by atoms with E-state index in [1.165, 1.54) is 18.3 Å². The van der Waals surface area contributed by atoms with Crippen LogP contribution in [0.1, 0.15) is 35.7 Å². The van der Waals surface area contributed by atoms with Gasteiger partial charge in [0.1, 0.15) is 0 Å². The predicted molar refractivity (Wildman–Crippen MR) is 92.0 cm³/mol. The lowest BCUT2D eigenvalue weighted by Crippen LogP contribution is -2.13. The van der Waals surface area contributed by atoms with Crippen molar-refractivity contribution < 1.29 is 18.3 Å². The molecule has 0 amide bonds. The SMILES string of the molecule is CC(C)c1cccc2c(C(=O)O)cn(S(=O)(=O)c3ccccc3)c12. The summed E-state index contributed by atoms with van der Waals surface area (Å²) in [6.07, 6.45) is 1.20. The van der Waals surface area contributed by atoms with Crippen LogP contribution in [0.15, 0.2) is 59.6 Å². The highest BCUT2D eigenvalue weighted by molar-refractivity contribution is 7.90. The van der Waals surface area contributed by atoms with Crippen molar-refractivity contribution in [2.45, 2.75) is 24.7 Å². The van der Waals surface area contributed by atoms with Crippen LogP contribution in [-0.2, 0) is 10.0 Å². The van der Waals surface area contributed by atoms with Gasteiger partial charge in [0, 0.05) is 11.6 Å². The zero-order valence-electron chi connectivity index (χ0n) is 13.3. The first-order valence-electron chi connectivity index (χ1n) is 7.52. The summed E-state index contributed by atoms with van der Waals surface area (Å²) >= 11 is 0. The molecule has 1 aromatic heterocycles. The van der Waals surface area contributed by atoms with E-state index in [2.05, 4.69) is 0 Å². The summed E-state index contributed by atoms with van der Waals surface area (Å²) in [5.74, 6) is -1.10. The average Bonchev–Trinajstić information content (AvgIpc) is 2.96. The van der Waals surface area contributed by atoms with Gasteiger partial charge in [0.2, 0.25) is 0 Å². The second kappa shape index (κ2) is 5.79. The molecular formula is C18H17NO4S. The lowest BCUT2D eigenvalue weighted by atomic mass is 10.00. The summed E-state index contributed by atoms with van der Waals surface area (Å²) in [6, 6.07) is 13.2. The molecule has 0 aliphatic rings. The minimum atomic E-state index is -3.88. The molecule has 24 heavy (non-hydrogen) atoms. The van der Waals surface area contributed by atoms with Crippen LogP contribution in [0.4, 0.5) is 0 Å². The maximum Gasteiger partial charge on any atom is 0.337 e. The van der Waals surface area contributed by atoms with Gasteiger partial charge < -0.3 is 5.11 Å². The van der Waals surface area contributed by atoms with E-state index in [-0.39, 0.29) is 16.4 Å². The molecule has 3 rings (SSSR count). The van der Waals surface area contributed by atoms with Gasteiger partial charge in [-0.15, -0.1) is 0 Å². The lowest BCUT2D eigenvalue weighted by Gasteiger charge is -2.12. The Bertz CT molecular complexity index is 1020. The third kappa shape index (κ3) is 2.49. The number of fused-ring (bicyclic) bond motifs is 1. The third-order valence-corrected chi connectivity index (χ3v) is 5.65. The summed E-state index contributed by atoms with van der Waals surface area (Å²) in [5, 5.41) is 9.88. The summed E-state index contributed by atoms with van der Waals surface area (Å²) < 4.78 is 27.2. The van der Waals surface area contributed by atoms with Crippen LogP contribution < -0.4 is 0 Å². The van der Waals surface area contributed by atoms with E-state index >= 15 is 0 Å². The number of rotatable bonds is 4. The van der Waals surface area contributed by atoms with Gasteiger partial charge in [-0.2, -0.15) is 0 Å². The fraction of sp³-hybridized carbons (Fsp3) is 0.167. The molecule has 0 aliphatic heterocycles. The van der Waals surface area contributed by atoms with Gasteiger partial charge in [-0.25, -0.2) is 17.2 Å². The highest BCUT2D eigenvalue weighted by Gasteiger charge is 2.25. The Hall–Kier alpha value is -2.60. The Balaban J connectivity index is 2.42. The van der Waals surface area contributed by atoms with Crippen LogP contribution in [0, 0.1) is 0 Å². The van der Waals surface area contributed by atoms with Crippen LogP contribution in [0.3, 0.4) is 0 Å². The zero-order chi connectivity index (χ0) is 17.5. The molecule has 0 fully saturated rings. The van der Waals surface area contributed by atoms with Crippen molar-refractivity contribution in [3.63, 3.8) is 0 Å². The number of carboxylic acids is 1. The first-order valence-corrected chi connectivity index (χ1v) is 8.96. The highest BCUT2D eigenvalue weighted by Crippen LogP contribution is 2.32. The Morgan fingerprint density at radius 2 is 1.71 bits per heavy atom. The van der Waals surface area contributed by atoms with Gasteiger partial charge in [0.05, 0.1) is 16.0 Å². The fourth-order valence-electron chi connectivity index (χ4n) is 2.81. The molecule has 0 saturated carbocycles. The van der Waals surface area contributed by atoms with Crippen LogP contribution >= 0.6 is 0 Å². The Labute approximate surface area is 140 Å². The Kier molecular flexibility index (Phi) is 3.93. The zero-order valence-corrected chi connectivity index (χ0v) is 14.1. The van der Waals surface area contributed by atoms with Gasteiger partial charge in [-0.1, -0.05) is 50.2 Å². The van der Waals surface area contributed by atoms with Crippen molar-refractivity contribution in [1.29, 1.82) is 0 Å². The standard InChI is InChI=1S/C18H17NO4S/c1-12(2)14-9-6-10-15-16(18(20)21)11-19(17(14)15)24(22,23)13-7-4-3-5-8-13/h3-12H,1-2H3,(H,20,21). The van der Waals surface area contributed by atoms with E-state index in [0.29, 0.717) is 10.9 Å². The van der Waals surface area contributed by atoms with E-state index < -0.39 is 16.0 Å². The number of hydrogen-bond donors (Lipinski definition) is 1.